The molecule has 0 spiro atoms. The Labute approximate surface area is 127 Å². The number of nitrogens with one attached hydrogen (secondary N) is 1. The predicted molar refractivity (Wildman–Crippen MR) is 85.5 cm³/mol. The average Bonchev–Trinajstić information content (AvgIpc) is 2.47. The first-order valence-corrected chi connectivity index (χ1v) is 7.95. The number of carbonyl (C=O) groups excluding carboxylic acids is 1. The molecule has 4 nitrogen and oxygen atoms in total. The second-order valence-corrected chi connectivity index (χ2v) is 5.74. The van der Waals surface area contributed by atoms with Crippen LogP contribution in [0, 0.1) is 0 Å². The Morgan fingerprint density at radius 2 is 2.00 bits per heavy atom. The van der Waals surface area contributed by atoms with Crippen LogP contribution in [0.4, 0.5) is 5.69 Å². The summed E-state index contributed by atoms with van der Waals surface area (Å²) in [7, 11) is 0. The molecule has 2 rings (SSSR count). The first kappa shape index (κ1) is 16.0. The van der Waals surface area contributed by atoms with Gasteiger partial charge in [0.15, 0.2) is 0 Å². The van der Waals surface area contributed by atoms with Crippen LogP contribution in [0.1, 0.15) is 37.8 Å². The summed E-state index contributed by atoms with van der Waals surface area (Å²) >= 11 is 0. The van der Waals surface area contributed by atoms with E-state index in [2.05, 4.69) is 31.3 Å². The summed E-state index contributed by atoms with van der Waals surface area (Å²) in [5.74, 6) is 0.0136. The molecule has 1 aliphatic rings. The first-order chi connectivity index (χ1) is 10.1. The lowest BCUT2D eigenvalue weighted by Gasteiger charge is -2.29. The van der Waals surface area contributed by atoms with Gasteiger partial charge in [-0.25, -0.2) is 0 Å². The smallest absolute Gasteiger partial charge is 0.238 e. The monoisotopic (exact) mass is 290 g/mol. The van der Waals surface area contributed by atoms with Crippen LogP contribution in [0.5, 0.6) is 0 Å². The van der Waals surface area contributed by atoms with E-state index in [-0.39, 0.29) is 12.0 Å². The van der Waals surface area contributed by atoms with E-state index in [0.29, 0.717) is 13.1 Å². The van der Waals surface area contributed by atoms with Crippen molar-refractivity contribution in [1.29, 1.82) is 0 Å². The van der Waals surface area contributed by atoms with Crippen LogP contribution in [0.2, 0.25) is 0 Å². The maximum Gasteiger partial charge on any atom is 0.238 e. The lowest BCUT2D eigenvalue weighted by atomic mass is 10.0. The van der Waals surface area contributed by atoms with E-state index in [0.717, 1.165) is 37.9 Å². The van der Waals surface area contributed by atoms with Crippen molar-refractivity contribution in [2.45, 2.75) is 45.6 Å². The standard InChI is InChI=1S/C17H26N2O2/c1-3-13-7-5-8-14(4-2)17(13)18-16(21)12-19-10-6-9-15(20)11-19/h5,7-8,15,20H,3-4,6,9-12H2,1-2H3,(H,18,21)/t15-/m1/s1. The van der Waals surface area contributed by atoms with Gasteiger partial charge < -0.3 is 10.4 Å². The van der Waals surface area contributed by atoms with Crippen molar-refractivity contribution in [1.82, 2.24) is 4.90 Å². The number of hydrogen-bond acceptors (Lipinski definition) is 3. The molecule has 0 radical (unpaired) electrons. The van der Waals surface area contributed by atoms with Gasteiger partial charge in [0.2, 0.25) is 5.91 Å². The third-order valence-corrected chi connectivity index (χ3v) is 4.11. The van der Waals surface area contributed by atoms with Crippen molar-refractivity contribution in [3.63, 3.8) is 0 Å². The van der Waals surface area contributed by atoms with E-state index < -0.39 is 0 Å². The fourth-order valence-electron chi connectivity index (χ4n) is 2.96. The molecule has 1 amide bonds. The summed E-state index contributed by atoms with van der Waals surface area (Å²) in [6.07, 6.45) is 3.33. The van der Waals surface area contributed by atoms with E-state index in [1.165, 1.54) is 11.1 Å². The Bertz CT molecular complexity index is 465. The average molecular weight is 290 g/mol. The molecule has 4 heteroatoms. The molecule has 1 heterocycles. The molecule has 1 saturated heterocycles. The molecule has 116 valence electrons. The molecule has 1 aromatic rings. The Kier molecular flexibility index (Phi) is 5.76. The van der Waals surface area contributed by atoms with Crippen LogP contribution < -0.4 is 5.32 Å². The molecule has 0 saturated carbocycles. The molecule has 0 unspecified atom stereocenters. The number of aryl methyl sites for hydroxylation is 2. The van der Waals surface area contributed by atoms with Crippen LogP contribution in [0.15, 0.2) is 18.2 Å². The maximum atomic E-state index is 12.3. The summed E-state index contributed by atoms with van der Waals surface area (Å²) < 4.78 is 0. The Morgan fingerprint density at radius 3 is 2.57 bits per heavy atom. The fraction of sp³-hybridized carbons (Fsp3) is 0.588. The van der Waals surface area contributed by atoms with Gasteiger partial charge in [-0.3, -0.25) is 9.69 Å². The van der Waals surface area contributed by atoms with E-state index in [1.54, 1.807) is 0 Å². The minimum Gasteiger partial charge on any atom is -0.392 e. The molecular formula is C17H26N2O2. The van der Waals surface area contributed by atoms with Crippen molar-refractivity contribution in [3.05, 3.63) is 29.3 Å². The Balaban J connectivity index is 2.02. The second kappa shape index (κ2) is 7.57. The number of hydrogen-bond donors (Lipinski definition) is 2. The summed E-state index contributed by atoms with van der Waals surface area (Å²) in [6.45, 7) is 6.05. The molecule has 1 aromatic carbocycles. The molecule has 1 aliphatic heterocycles. The fourth-order valence-corrected chi connectivity index (χ4v) is 2.96. The zero-order valence-corrected chi connectivity index (χ0v) is 13.1. The number of carbonyl (C=O) groups is 1. The number of piperidine rings is 1. The van der Waals surface area contributed by atoms with E-state index in [9.17, 15) is 9.90 Å². The number of benzene rings is 1. The van der Waals surface area contributed by atoms with Gasteiger partial charge in [-0.05, 0) is 43.4 Å². The molecule has 1 fully saturated rings. The Morgan fingerprint density at radius 1 is 1.33 bits per heavy atom. The number of amides is 1. The highest BCUT2D eigenvalue weighted by molar-refractivity contribution is 5.93. The van der Waals surface area contributed by atoms with Gasteiger partial charge in [-0.15, -0.1) is 0 Å². The van der Waals surface area contributed by atoms with Crippen LogP contribution in [0.3, 0.4) is 0 Å². The largest absolute Gasteiger partial charge is 0.392 e. The minimum atomic E-state index is -0.291. The van der Waals surface area contributed by atoms with Gasteiger partial charge in [0.1, 0.15) is 0 Å². The van der Waals surface area contributed by atoms with Crippen LogP contribution >= 0.6 is 0 Å². The highest BCUT2D eigenvalue weighted by atomic mass is 16.3. The number of para-hydroxylation sites is 1. The summed E-state index contributed by atoms with van der Waals surface area (Å²) in [5, 5.41) is 12.8. The number of nitrogens with zero attached hydrogens (tertiary/aromatic N) is 1. The lowest BCUT2D eigenvalue weighted by molar-refractivity contribution is -0.118. The molecule has 0 aliphatic carbocycles. The number of rotatable bonds is 5. The molecular weight excluding hydrogens is 264 g/mol. The van der Waals surface area contributed by atoms with Gasteiger partial charge in [-0.2, -0.15) is 0 Å². The number of aliphatic hydroxyl groups is 1. The van der Waals surface area contributed by atoms with Crippen molar-refractivity contribution < 1.29 is 9.90 Å². The van der Waals surface area contributed by atoms with Crippen molar-refractivity contribution in [2.24, 2.45) is 0 Å². The second-order valence-electron chi connectivity index (χ2n) is 5.74. The van der Waals surface area contributed by atoms with E-state index in [1.807, 2.05) is 11.0 Å². The van der Waals surface area contributed by atoms with Crippen LogP contribution in [-0.2, 0) is 17.6 Å². The van der Waals surface area contributed by atoms with Crippen molar-refractivity contribution in [3.8, 4) is 0 Å². The predicted octanol–water partition coefficient (Wildman–Crippen LogP) is 2.21. The molecule has 0 bridgehead atoms. The van der Waals surface area contributed by atoms with Crippen LogP contribution in [0.25, 0.3) is 0 Å². The quantitative estimate of drug-likeness (QED) is 0.874. The van der Waals surface area contributed by atoms with Gasteiger partial charge in [0.25, 0.3) is 0 Å². The topological polar surface area (TPSA) is 52.6 Å². The van der Waals surface area contributed by atoms with Gasteiger partial charge >= 0.3 is 0 Å². The van der Waals surface area contributed by atoms with Crippen molar-refractivity contribution in [2.75, 3.05) is 25.0 Å². The number of likely N-dealkylation sites (tertiary alicyclic amines) is 1. The van der Waals surface area contributed by atoms with E-state index in [4.69, 9.17) is 0 Å². The lowest BCUT2D eigenvalue weighted by Crippen LogP contribution is -2.42. The first-order valence-electron chi connectivity index (χ1n) is 7.95. The minimum absolute atomic E-state index is 0.0136. The summed E-state index contributed by atoms with van der Waals surface area (Å²) in [6, 6.07) is 6.19. The third-order valence-electron chi connectivity index (χ3n) is 4.11. The van der Waals surface area contributed by atoms with Crippen molar-refractivity contribution >= 4 is 11.6 Å². The van der Waals surface area contributed by atoms with Crippen LogP contribution in [-0.4, -0.2) is 41.7 Å². The highest BCUT2D eigenvalue weighted by Gasteiger charge is 2.20. The molecule has 1 atom stereocenters. The highest BCUT2D eigenvalue weighted by Crippen LogP contribution is 2.22. The van der Waals surface area contributed by atoms with Gasteiger partial charge in [0, 0.05) is 12.2 Å². The van der Waals surface area contributed by atoms with Gasteiger partial charge in [0.05, 0.1) is 12.6 Å². The number of anilines is 1. The van der Waals surface area contributed by atoms with E-state index >= 15 is 0 Å². The SMILES string of the molecule is CCc1cccc(CC)c1NC(=O)CN1CCC[C@@H](O)C1. The maximum absolute atomic E-state index is 12.3. The summed E-state index contributed by atoms with van der Waals surface area (Å²) in [5.41, 5.74) is 3.34. The number of aliphatic hydroxyl groups excluding tert-OH is 1. The molecule has 0 aromatic heterocycles. The normalized spacial score (nSPS) is 19.5. The zero-order valence-electron chi connectivity index (χ0n) is 13.1. The number of β-amino-alcohol motifs (C(OH)–C–C–N with tert-alkyl or cyclic N) is 1. The molecule has 2 N–H and O–H groups in total. The third kappa shape index (κ3) is 4.29. The van der Waals surface area contributed by atoms with Gasteiger partial charge in [-0.1, -0.05) is 32.0 Å². The molecule has 21 heavy (non-hydrogen) atoms. The Hall–Kier alpha value is -1.39. The zero-order chi connectivity index (χ0) is 15.2. The summed E-state index contributed by atoms with van der Waals surface area (Å²) in [4.78, 5) is 14.3.